The van der Waals surface area contributed by atoms with Crippen molar-refractivity contribution in [2.24, 2.45) is 4.99 Å². The van der Waals surface area contributed by atoms with Crippen LogP contribution in [0, 0.1) is 0 Å². The van der Waals surface area contributed by atoms with E-state index < -0.39 is 0 Å². The number of halogens is 1. The van der Waals surface area contributed by atoms with Gasteiger partial charge in [-0.25, -0.2) is 0 Å². The lowest BCUT2D eigenvalue weighted by molar-refractivity contribution is 0.0827. The van der Waals surface area contributed by atoms with Gasteiger partial charge in [-0.3, -0.25) is 9.79 Å². The lowest BCUT2D eigenvalue weighted by Gasteiger charge is -2.18. The fourth-order valence-electron chi connectivity index (χ4n) is 2.83. The van der Waals surface area contributed by atoms with E-state index in [2.05, 4.69) is 15.6 Å². The molecule has 0 aliphatic heterocycles. The summed E-state index contributed by atoms with van der Waals surface area (Å²) in [6.07, 6.45) is 0.748. The number of carbonyl (C=O) groups is 1. The number of nitrogens with one attached hydrogen (secondary N) is 2. The lowest BCUT2D eigenvalue weighted by Crippen LogP contribution is -2.42. The number of nitrogens with zero attached hydrogens (tertiary/aromatic N) is 2. The second-order valence-electron chi connectivity index (χ2n) is 7.13. The van der Waals surface area contributed by atoms with Crippen molar-refractivity contribution in [1.29, 1.82) is 0 Å². The minimum absolute atomic E-state index is 0. The summed E-state index contributed by atoms with van der Waals surface area (Å²) in [5, 5.41) is 6.57. The summed E-state index contributed by atoms with van der Waals surface area (Å²) in [7, 11) is 6.89. The Morgan fingerprint density at radius 3 is 2.39 bits per heavy atom. The highest BCUT2D eigenvalue weighted by Crippen LogP contribution is 2.18. The van der Waals surface area contributed by atoms with Crippen molar-refractivity contribution in [2.75, 3.05) is 41.3 Å². The molecule has 7 nitrogen and oxygen atoms in total. The van der Waals surface area contributed by atoms with Crippen molar-refractivity contribution in [3.63, 3.8) is 0 Å². The molecule has 0 aliphatic rings. The van der Waals surface area contributed by atoms with Crippen molar-refractivity contribution in [3.8, 4) is 11.5 Å². The molecule has 2 aromatic carbocycles. The molecule has 1 unspecified atom stereocenters. The topological polar surface area (TPSA) is 75.2 Å². The number of ether oxygens (including phenoxy) is 2. The summed E-state index contributed by atoms with van der Waals surface area (Å²) >= 11 is 0. The van der Waals surface area contributed by atoms with Crippen LogP contribution in [-0.2, 0) is 6.42 Å². The Hall–Kier alpha value is -2.49. The summed E-state index contributed by atoms with van der Waals surface area (Å²) in [6, 6.07) is 15.2. The second-order valence-corrected chi connectivity index (χ2v) is 7.13. The van der Waals surface area contributed by atoms with Crippen LogP contribution >= 0.6 is 24.0 Å². The first-order valence-electron chi connectivity index (χ1n) is 9.98. The van der Waals surface area contributed by atoms with Crippen LogP contribution in [0.2, 0.25) is 0 Å². The molecule has 170 valence electrons. The van der Waals surface area contributed by atoms with E-state index in [4.69, 9.17) is 9.47 Å². The molecule has 0 saturated carbocycles. The number of hydrogen-bond acceptors (Lipinski definition) is 4. The number of methoxy groups -OCH3 is 1. The molecular formula is C23H33IN4O3. The maximum absolute atomic E-state index is 12.1. The van der Waals surface area contributed by atoms with Gasteiger partial charge in [0.15, 0.2) is 5.96 Å². The van der Waals surface area contributed by atoms with Gasteiger partial charge in [0.05, 0.1) is 13.7 Å². The van der Waals surface area contributed by atoms with Gasteiger partial charge in [-0.1, -0.05) is 12.1 Å². The van der Waals surface area contributed by atoms with Gasteiger partial charge in [0.1, 0.15) is 17.6 Å². The molecule has 8 heteroatoms. The first-order chi connectivity index (χ1) is 14.4. The van der Waals surface area contributed by atoms with Gasteiger partial charge >= 0.3 is 0 Å². The highest BCUT2D eigenvalue weighted by molar-refractivity contribution is 14.0. The standard InChI is InChI=1S/C23H32N4O3.HI/c1-17(30-21-11-9-20(29-5)10-12-21)16-26-23(24-2)25-14-13-18-7-6-8-19(15-18)22(28)27(3)4;/h6-12,15,17H,13-14,16H2,1-5H3,(H2,24,25,26);1H. The normalized spacial score (nSPS) is 11.7. The maximum atomic E-state index is 12.1. The summed E-state index contributed by atoms with van der Waals surface area (Å²) in [5.41, 5.74) is 1.80. The number of guanidine groups is 1. The Bertz CT molecular complexity index is 841. The number of benzene rings is 2. The third-order valence-electron chi connectivity index (χ3n) is 4.46. The van der Waals surface area contributed by atoms with Gasteiger partial charge in [0, 0.05) is 33.3 Å². The Morgan fingerprint density at radius 1 is 1.10 bits per heavy atom. The SMILES string of the molecule is CN=C(NCCc1cccc(C(=O)N(C)C)c1)NCC(C)Oc1ccc(OC)cc1.I. The molecular weight excluding hydrogens is 507 g/mol. The van der Waals surface area contributed by atoms with Crippen molar-refractivity contribution in [1.82, 2.24) is 15.5 Å². The molecule has 0 spiro atoms. The third-order valence-corrected chi connectivity index (χ3v) is 4.46. The minimum atomic E-state index is -0.0364. The van der Waals surface area contributed by atoms with E-state index in [-0.39, 0.29) is 36.0 Å². The summed E-state index contributed by atoms with van der Waals surface area (Å²) in [5.74, 6) is 2.31. The molecule has 0 radical (unpaired) electrons. The fraction of sp³-hybridized carbons (Fsp3) is 0.391. The van der Waals surface area contributed by atoms with Crippen LogP contribution in [0.25, 0.3) is 0 Å². The molecule has 0 bridgehead atoms. The van der Waals surface area contributed by atoms with E-state index in [0.717, 1.165) is 23.5 Å². The van der Waals surface area contributed by atoms with Gasteiger partial charge in [0.2, 0.25) is 0 Å². The van der Waals surface area contributed by atoms with E-state index in [1.54, 1.807) is 33.2 Å². The molecule has 0 saturated heterocycles. The van der Waals surface area contributed by atoms with Crippen LogP contribution in [0.1, 0.15) is 22.8 Å². The predicted molar refractivity (Wildman–Crippen MR) is 136 cm³/mol. The van der Waals surface area contributed by atoms with Crippen LogP contribution in [0.15, 0.2) is 53.5 Å². The highest BCUT2D eigenvalue weighted by Gasteiger charge is 2.09. The molecule has 0 aromatic heterocycles. The van der Waals surface area contributed by atoms with Gasteiger partial charge in [-0.2, -0.15) is 0 Å². The Labute approximate surface area is 202 Å². The Morgan fingerprint density at radius 2 is 1.77 bits per heavy atom. The van der Waals surface area contributed by atoms with Crippen LogP contribution in [0.5, 0.6) is 11.5 Å². The molecule has 0 heterocycles. The van der Waals surface area contributed by atoms with Crippen molar-refractivity contribution < 1.29 is 14.3 Å². The summed E-state index contributed by atoms with van der Waals surface area (Å²) < 4.78 is 11.1. The van der Waals surface area contributed by atoms with E-state index in [0.29, 0.717) is 24.6 Å². The van der Waals surface area contributed by atoms with Gasteiger partial charge < -0.3 is 25.0 Å². The molecule has 0 aliphatic carbocycles. The third kappa shape index (κ3) is 9.04. The van der Waals surface area contributed by atoms with E-state index in [9.17, 15) is 4.79 Å². The van der Waals surface area contributed by atoms with Crippen molar-refractivity contribution in [3.05, 3.63) is 59.7 Å². The number of hydrogen-bond donors (Lipinski definition) is 2. The summed E-state index contributed by atoms with van der Waals surface area (Å²) in [4.78, 5) is 17.9. The van der Waals surface area contributed by atoms with E-state index in [1.165, 1.54) is 0 Å². The monoisotopic (exact) mass is 540 g/mol. The van der Waals surface area contributed by atoms with Gasteiger partial charge in [-0.15, -0.1) is 24.0 Å². The second kappa shape index (κ2) is 13.7. The van der Waals surface area contributed by atoms with Gasteiger partial charge in [-0.05, 0) is 55.3 Å². The zero-order valence-corrected chi connectivity index (χ0v) is 21.2. The smallest absolute Gasteiger partial charge is 0.253 e. The van der Waals surface area contributed by atoms with Gasteiger partial charge in [0.25, 0.3) is 5.91 Å². The minimum Gasteiger partial charge on any atom is -0.497 e. The molecule has 2 N–H and O–H groups in total. The van der Waals surface area contributed by atoms with E-state index >= 15 is 0 Å². The molecule has 2 rings (SSSR count). The van der Waals surface area contributed by atoms with E-state index in [1.807, 2.05) is 55.5 Å². The quantitative estimate of drug-likeness (QED) is 0.291. The van der Waals surface area contributed by atoms with Crippen molar-refractivity contribution in [2.45, 2.75) is 19.4 Å². The largest absolute Gasteiger partial charge is 0.497 e. The first kappa shape index (κ1) is 26.5. The Kier molecular flexibility index (Phi) is 11.8. The van der Waals surface area contributed by atoms with Crippen LogP contribution in [-0.4, -0.2) is 64.2 Å². The number of rotatable bonds is 9. The highest BCUT2D eigenvalue weighted by atomic mass is 127. The number of amides is 1. The first-order valence-corrected chi connectivity index (χ1v) is 9.98. The Balaban J connectivity index is 0.00000480. The molecule has 31 heavy (non-hydrogen) atoms. The zero-order valence-electron chi connectivity index (χ0n) is 18.8. The molecule has 0 fully saturated rings. The molecule has 1 amide bonds. The number of aliphatic imine (C=N–C) groups is 1. The van der Waals surface area contributed by atoms with Crippen LogP contribution in [0.3, 0.4) is 0 Å². The zero-order chi connectivity index (χ0) is 21.9. The van der Waals surface area contributed by atoms with Crippen LogP contribution in [0.4, 0.5) is 0 Å². The average molecular weight is 540 g/mol. The maximum Gasteiger partial charge on any atom is 0.253 e. The molecule has 2 aromatic rings. The van der Waals surface area contributed by atoms with Crippen molar-refractivity contribution >= 4 is 35.8 Å². The average Bonchev–Trinajstić information content (AvgIpc) is 2.76. The van der Waals surface area contributed by atoms with Crippen LogP contribution < -0.4 is 20.1 Å². The molecule has 1 atom stereocenters. The predicted octanol–water partition coefficient (Wildman–Crippen LogP) is 3.19. The lowest BCUT2D eigenvalue weighted by atomic mass is 10.1. The fourth-order valence-corrected chi connectivity index (χ4v) is 2.83. The number of carbonyl (C=O) groups excluding carboxylic acids is 1. The summed E-state index contributed by atoms with van der Waals surface area (Å²) in [6.45, 7) is 3.31.